The molecule has 0 saturated carbocycles. The molecule has 0 fully saturated rings. The van der Waals surface area contributed by atoms with E-state index in [4.69, 9.17) is 12.2 Å². The number of aromatic amines is 1. The molecule has 1 aromatic rings. The lowest BCUT2D eigenvalue weighted by atomic mass is 10.4. The average molecular weight is 128 g/mol. The summed E-state index contributed by atoms with van der Waals surface area (Å²) in [4.78, 5) is 0. The van der Waals surface area contributed by atoms with Crippen LogP contribution in [0.15, 0.2) is 6.20 Å². The molecule has 0 radical (unpaired) electrons. The predicted molar refractivity (Wildman–Crippen MR) is 35.3 cm³/mol. The lowest BCUT2D eigenvalue weighted by molar-refractivity contribution is 0.756. The van der Waals surface area contributed by atoms with Gasteiger partial charge in [0, 0.05) is 18.8 Å². The van der Waals surface area contributed by atoms with Crippen LogP contribution in [0.2, 0.25) is 0 Å². The van der Waals surface area contributed by atoms with E-state index in [1.54, 1.807) is 0 Å². The normalized spacial score (nSPS) is 9.75. The third-order valence-electron chi connectivity index (χ3n) is 1.12. The zero-order chi connectivity index (χ0) is 6.15. The van der Waals surface area contributed by atoms with Crippen LogP contribution in [0.25, 0.3) is 0 Å². The van der Waals surface area contributed by atoms with E-state index in [0.717, 1.165) is 10.2 Å². The number of rotatable bonds is 0. The highest BCUT2D eigenvalue weighted by molar-refractivity contribution is 7.71. The maximum absolute atomic E-state index is 4.96. The topological polar surface area (TPSA) is 20.7 Å². The molecule has 0 aliphatic carbocycles. The minimum atomic E-state index is 0.880. The zero-order valence-electron chi connectivity index (χ0n) is 4.93. The second kappa shape index (κ2) is 1.74. The van der Waals surface area contributed by atoms with Gasteiger partial charge in [-0.1, -0.05) is 12.2 Å². The first kappa shape index (κ1) is 5.56. The van der Waals surface area contributed by atoms with Crippen molar-refractivity contribution in [2.24, 2.45) is 7.05 Å². The molecule has 0 aliphatic heterocycles. The third kappa shape index (κ3) is 0.690. The number of H-pyrrole nitrogens is 1. The first-order valence-electron chi connectivity index (χ1n) is 2.43. The highest BCUT2D eigenvalue weighted by Gasteiger charge is 1.88. The van der Waals surface area contributed by atoms with Crippen LogP contribution in [0, 0.1) is 11.6 Å². The molecular weight excluding hydrogens is 120 g/mol. The van der Waals surface area contributed by atoms with Gasteiger partial charge in [-0.15, -0.1) is 0 Å². The number of hydrogen-bond donors (Lipinski definition) is 1. The van der Waals surface area contributed by atoms with E-state index >= 15 is 0 Å². The van der Waals surface area contributed by atoms with Crippen molar-refractivity contribution in [2.75, 3.05) is 0 Å². The maximum atomic E-state index is 4.96. The molecule has 1 heterocycles. The lowest BCUT2D eigenvalue weighted by Gasteiger charge is -1.83. The van der Waals surface area contributed by atoms with Crippen molar-refractivity contribution < 1.29 is 0 Å². The van der Waals surface area contributed by atoms with E-state index in [1.165, 1.54) is 0 Å². The van der Waals surface area contributed by atoms with Crippen LogP contribution in [-0.4, -0.2) is 9.78 Å². The smallest absolute Gasteiger partial charge is 0.124 e. The van der Waals surface area contributed by atoms with Crippen molar-refractivity contribution >= 4 is 12.2 Å². The van der Waals surface area contributed by atoms with E-state index in [1.807, 2.05) is 24.9 Å². The van der Waals surface area contributed by atoms with Gasteiger partial charge >= 0.3 is 0 Å². The summed E-state index contributed by atoms with van der Waals surface area (Å²) in [5, 5.41) is 2.95. The Balaban J connectivity index is 3.42. The Morgan fingerprint density at radius 2 is 2.38 bits per heavy atom. The first-order valence-corrected chi connectivity index (χ1v) is 2.83. The summed E-state index contributed by atoms with van der Waals surface area (Å²) in [5.74, 6) is 0. The molecule has 0 amide bonds. The van der Waals surface area contributed by atoms with Crippen molar-refractivity contribution in [1.29, 1.82) is 0 Å². The number of aromatic nitrogens is 2. The number of nitrogens with zero attached hydrogens (tertiary/aromatic N) is 1. The minimum absolute atomic E-state index is 0.880. The summed E-state index contributed by atoms with van der Waals surface area (Å²) in [6.45, 7) is 1.98. The third-order valence-corrected chi connectivity index (χ3v) is 1.71. The molecule has 1 rings (SSSR count). The van der Waals surface area contributed by atoms with Gasteiger partial charge in [0.2, 0.25) is 0 Å². The van der Waals surface area contributed by atoms with Crippen molar-refractivity contribution in [2.45, 2.75) is 6.92 Å². The van der Waals surface area contributed by atoms with Gasteiger partial charge in [-0.3, -0.25) is 4.68 Å². The second-order valence-electron chi connectivity index (χ2n) is 1.82. The predicted octanol–water partition coefficient (Wildman–Crippen LogP) is 1.39. The summed E-state index contributed by atoms with van der Waals surface area (Å²) in [7, 11) is 1.90. The summed E-state index contributed by atoms with van der Waals surface area (Å²) in [5.41, 5.74) is 1.13. The molecule has 1 aromatic heterocycles. The van der Waals surface area contributed by atoms with Gasteiger partial charge in [0.25, 0.3) is 0 Å². The van der Waals surface area contributed by atoms with Crippen LogP contribution in [0.1, 0.15) is 5.56 Å². The Morgan fingerprint density at radius 1 is 1.75 bits per heavy atom. The van der Waals surface area contributed by atoms with E-state index in [-0.39, 0.29) is 0 Å². The van der Waals surface area contributed by atoms with E-state index in [9.17, 15) is 0 Å². The van der Waals surface area contributed by atoms with Crippen LogP contribution in [0.4, 0.5) is 0 Å². The minimum Gasteiger partial charge on any atom is -0.305 e. The SMILES string of the molecule is Cc1c[nH]n(C)c1=S. The second-order valence-corrected chi connectivity index (χ2v) is 2.21. The molecule has 1 N–H and O–H groups in total. The fraction of sp³-hybridized carbons (Fsp3) is 0.400. The Morgan fingerprint density at radius 3 is 2.50 bits per heavy atom. The molecule has 0 atom stereocenters. The standard InChI is InChI=1S/C5H8N2S/c1-4-3-6-7(2)5(4)8/h3,6H,1-2H3. The molecule has 0 aliphatic rings. The molecule has 8 heavy (non-hydrogen) atoms. The molecule has 0 spiro atoms. The Bertz CT molecular complexity index is 210. The van der Waals surface area contributed by atoms with Crippen molar-refractivity contribution in [3.05, 3.63) is 16.4 Å². The first-order chi connectivity index (χ1) is 3.72. The fourth-order valence-electron chi connectivity index (χ4n) is 0.579. The summed E-state index contributed by atoms with van der Waals surface area (Å²) >= 11 is 4.96. The van der Waals surface area contributed by atoms with Gasteiger partial charge in [-0.05, 0) is 6.92 Å². The van der Waals surface area contributed by atoms with Crippen molar-refractivity contribution in [1.82, 2.24) is 9.78 Å². The van der Waals surface area contributed by atoms with Crippen LogP contribution in [0.3, 0.4) is 0 Å². The van der Waals surface area contributed by atoms with Gasteiger partial charge in [-0.2, -0.15) is 0 Å². The van der Waals surface area contributed by atoms with E-state index in [2.05, 4.69) is 5.10 Å². The van der Waals surface area contributed by atoms with Crippen LogP contribution < -0.4 is 0 Å². The van der Waals surface area contributed by atoms with E-state index in [0.29, 0.717) is 0 Å². The Labute approximate surface area is 53.1 Å². The number of aryl methyl sites for hydroxylation is 2. The van der Waals surface area contributed by atoms with Gasteiger partial charge in [0.1, 0.15) is 4.64 Å². The Hall–Kier alpha value is -0.570. The molecule has 3 heteroatoms. The molecule has 2 nitrogen and oxygen atoms in total. The lowest BCUT2D eigenvalue weighted by Crippen LogP contribution is -1.87. The van der Waals surface area contributed by atoms with Gasteiger partial charge in [0.15, 0.2) is 0 Å². The van der Waals surface area contributed by atoms with Crippen LogP contribution in [-0.2, 0) is 7.05 Å². The van der Waals surface area contributed by atoms with Gasteiger partial charge < -0.3 is 5.10 Å². The largest absolute Gasteiger partial charge is 0.305 e. The molecule has 0 unspecified atom stereocenters. The zero-order valence-corrected chi connectivity index (χ0v) is 5.75. The highest BCUT2D eigenvalue weighted by atomic mass is 32.1. The van der Waals surface area contributed by atoms with Crippen LogP contribution >= 0.6 is 12.2 Å². The fourth-order valence-corrected chi connectivity index (χ4v) is 0.690. The molecule has 44 valence electrons. The summed E-state index contributed by atoms with van der Waals surface area (Å²) in [6, 6.07) is 0. The highest BCUT2D eigenvalue weighted by Crippen LogP contribution is 1.95. The monoisotopic (exact) mass is 128 g/mol. The average Bonchev–Trinajstić information content (AvgIpc) is 1.98. The molecule has 0 aromatic carbocycles. The van der Waals surface area contributed by atoms with Crippen molar-refractivity contribution in [3.8, 4) is 0 Å². The molecule has 0 bridgehead atoms. The molecule has 0 saturated heterocycles. The van der Waals surface area contributed by atoms with Crippen LogP contribution in [0.5, 0.6) is 0 Å². The number of hydrogen-bond acceptors (Lipinski definition) is 1. The van der Waals surface area contributed by atoms with Gasteiger partial charge in [-0.25, -0.2) is 0 Å². The summed E-state index contributed by atoms with van der Waals surface area (Å²) < 4.78 is 2.69. The van der Waals surface area contributed by atoms with Crippen molar-refractivity contribution in [3.63, 3.8) is 0 Å². The van der Waals surface area contributed by atoms with E-state index < -0.39 is 0 Å². The maximum Gasteiger partial charge on any atom is 0.124 e. The summed E-state index contributed by atoms with van der Waals surface area (Å²) in [6.07, 6.45) is 1.89. The quantitative estimate of drug-likeness (QED) is 0.524. The van der Waals surface area contributed by atoms with Gasteiger partial charge in [0.05, 0.1) is 0 Å². The Kier molecular flexibility index (Phi) is 1.21. The molecular formula is C5H8N2S. The number of nitrogens with one attached hydrogen (secondary N) is 1.